The molecule has 0 fully saturated rings. The molecule has 0 spiro atoms. The lowest BCUT2D eigenvalue weighted by Gasteiger charge is -2.24. The fourth-order valence-electron chi connectivity index (χ4n) is 3.73. The van der Waals surface area contributed by atoms with E-state index in [0.29, 0.717) is 12.0 Å². The summed E-state index contributed by atoms with van der Waals surface area (Å²) >= 11 is 0. The highest BCUT2D eigenvalue weighted by Gasteiger charge is 2.28. The average Bonchev–Trinajstić information content (AvgIpc) is 2.72. The highest BCUT2D eigenvalue weighted by atomic mass is 16.1. The zero-order chi connectivity index (χ0) is 21.6. The maximum absolute atomic E-state index is 13.4. The lowest BCUT2D eigenvalue weighted by atomic mass is 9.78. The fraction of sp³-hybridized carbons (Fsp3) is 0.407. The molecular formula is C27H34O2. The Bertz CT molecular complexity index is 864. The molecule has 154 valence electrons. The Balaban J connectivity index is 2.32. The third kappa shape index (κ3) is 5.76. The van der Waals surface area contributed by atoms with Crippen LogP contribution in [0, 0.1) is 11.8 Å². The Morgan fingerprint density at radius 1 is 0.759 bits per heavy atom. The van der Waals surface area contributed by atoms with Crippen LogP contribution in [-0.2, 0) is 12.8 Å². The zero-order valence-electron chi connectivity index (χ0n) is 18.7. The maximum atomic E-state index is 13.4. The van der Waals surface area contributed by atoms with E-state index in [-0.39, 0.29) is 23.4 Å². The minimum Gasteiger partial charge on any atom is -0.294 e. The molecule has 0 saturated carbocycles. The monoisotopic (exact) mass is 390 g/mol. The van der Waals surface area contributed by atoms with Crippen molar-refractivity contribution in [3.63, 3.8) is 0 Å². The maximum Gasteiger partial charge on any atom is 0.189 e. The first-order valence-corrected chi connectivity index (χ1v) is 10.7. The minimum atomic E-state index is -0.100. The van der Waals surface area contributed by atoms with Crippen LogP contribution in [0.5, 0.6) is 0 Å². The molecule has 2 aromatic rings. The van der Waals surface area contributed by atoms with Crippen molar-refractivity contribution < 1.29 is 9.59 Å². The van der Waals surface area contributed by atoms with E-state index in [1.165, 1.54) is 11.1 Å². The molecule has 0 aliphatic carbocycles. The van der Waals surface area contributed by atoms with Crippen LogP contribution in [0.1, 0.15) is 79.8 Å². The van der Waals surface area contributed by atoms with Crippen molar-refractivity contribution in [2.45, 2.75) is 60.8 Å². The molecule has 0 saturated heterocycles. The van der Waals surface area contributed by atoms with E-state index >= 15 is 0 Å². The average molecular weight is 391 g/mol. The molecule has 29 heavy (non-hydrogen) atoms. The van der Waals surface area contributed by atoms with Gasteiger partial charge in [0, 0.05) is 23.1 Å². The third-order valence-electron chi connectivity index (χ3n) is 5.67. The quantitative estimate of drug-likeness (QED) is 0.345. The summed E-state index contributed by atoms with van der Waals surface area (Å²) < 4.78 is 0. The second-order valence-electron chi connectivity index (χ2n) is 8.32. The molecule has 0 aliphatic heterocycles. The highest BCUT2D eigenvalue weighted by Crippen LogP contribution is 2.31. The summed E-state index contributed by atoms with van der Waals surface area (Å²) in [6.07, 6.45) is 2.25. The van der Waals surface area contributed by atoms with Crippen LogP contribution in [0.25, 0.3) is 0 Å². The number of aryl methyl sites for hydroxylation is 2. The topological polar surface area (TPSA) is 34.1 Å². The highest BCUT2D eigenvalue weighted by molar-refractivity contribution is 6.10. The van der Waals surface area contributed by atoms with Gasteiger partial charge in [-0.15, -0.1) is 0 Å². The smallest absolute Gasteiger partial charge is 0.189 e. The molecule has 0 N–H and O–H groups in total. The number of Topliss-reactive ketones (excluding diaryl/α,β-unsaturated/α-hetero) is 2. The zero-order valence-corrected chi connectivity index (χ0v) is 18.7. The lowest BCUT2D eigenvalue weighted by molar-refractivity contribution is 0.0945. The number of hydrogen-bond donors (Lipinski definition) is 0. The van der Waals surface area contributed by atoms with Gasteiger partial charge < -0.3 is 0 Å². The Morgan fingerprint density at radius 2 is 1.21 bits per heavy atom. The van der Waals surface area contributed by atoms with E-state index in [9.17, 15) is 9.59 Å². The molecule has 2 nitrogen and oxygen atoms in total. The van der Waals surface area contributed by atoms with Gasteiger partial charge in [-0.1, -0.05) is 81.8 Å². The second-order valence-corrected chi connectivity index (χ2v) is 8.32. The second kappa shape index (κ2) is 10.3. The first-order valence-electron chi connectivity index (χ1n) is 10.7. The summed E-state index contributed by atoms with van der Waals surface area (Å²) in [7, 11) is 0. The van der Waals surface area contributed by atoms with Gasteiger partial charge in [0.25, 0.3) is 0 Å². The fourth-order valence-corrected chi connectivity index (χ4v) is 3.73. The van der Waals surface area contributed by atoms with Crippen molar-refractivity contribution in [2.24, 2.45) is 11.8 Å². The number of ketones is 2. The largest absolute Gasteiger partial charge is 0.294 e. The van der Waals surface area contributed by atoms with Crippen molar-refractivity contribution in [3.8, 4) is 0 Å². The van der Waals surface area contributed by atoms with E-state index in [1.54, 1.807) is 0 Å². The molecule has 0 amide bonds. The Morgan fingerprint density at radius 3 is 1.59 bits per heavy atom. The number of carbonyl (C=O) groups is 2. The van der Waals surface area contributed by atoms with Crippen molar-refractivity contribution in [2.75, 3.05) is 0 Å². The van der Waals surface area contributed by atoms with Crippen LogP contribution >= 0.6 is 0 Å². The number of allylic oxidation sites excluding steroid dienone is 2. The predicted octanol–water partition coefficient (Wildman–Crippen LogP) is 6.88. The van der Waals surface area contributed by atoms with E-state index in [4.69, 9.17) is 0 Å². The molecule has 2 rings (SSSR count). The van der Waals surface area contributed by atoms with E-state index in [2.05, 4.69) is 27.7 Å². The van der Waals surface area contributed by atoms with Crippen molar-refractivity contribution in [1.82, 2.24) is 0 Å². The summed E-state index contributed by atoms with van der Waals surface area (Å²) in [4.78, 5) is 26.4. The molecule has 0 radical (unpaired) electrons. The number of rotatable bonds is 9. The normalized spacial score (nSPS) is 12.0. The summed E-state index contributed by atoms with van der Waals surface area (Å²) in [5, 5.41) is 0. The van der Waals surface area contributed by atoms with E-state index in [1.807, 2.05) is 62.4 Å². The van der Waals surface area contributed by atoms with E-state index < -0.39 is 0 Å². The van der Waals surface area contributed by atoms with Crippen molar-refractivity contribution >= 4 is 11.6 Å². The van der Waals surface area contributed by atoms with Crippen molar-refractivity contribution in [1.29, 1.82) is 0 Å². The number of benzene rings is 2. The van der Waals surface area contributed by atoms with Crippen LogP contribution in [0.3, 0.4) is 0 Å². The third-order valence-corrected chi connectivity index (χ3v) is 5.67. The van der Waals surface area contributed by atoms with Crippen LogP contribution < -0.4 is 0 Å². The number of hydrogen-bond acceptors (Lipinski definition) is 2. The van der Waals surface area contributed by atoms with Crippen LogP contribution in [0.15, 0.2) is 59.7 Å². The van der Waals surface area contributed by atoms with Gasteiger partial charge in [0.2, 0.25) is 0 Å². The molecule has 0 heterocycles. The summed E-state index contributed by atoms with van der Waals surface area (Å²) in [5.41, 5.74) is 5.62. The Kier molecular flexibility index (Phi) is 8.13. The van der Waals surface area contributed by atoms with Gasteiger partial charge in [-0.05, 0) is 49.7 Å². The summed E-state index contributed by atoms with van der Waals surface area (Å²) in [5.74, 6) is 0.231. The van der Waals surface area contributed by atoms with Gasteiger partial charge in [0.15, 0.2) is 11.6 Å². The summed E-state index contributed by atoms with van der Waals surface area (Å²) in [6.45, 7) is 12.3. The molecule has 2 aromatic carbocycles. The van der Waals surface area contributed by atoms with Gasteiger partial charge in [-0.3, -0.25) is 9.59 Å². The molecular weight excluding hydrogens is 356 g/mol. The molecule has 0 aromatic heterocycles. The molecule has 0 unspecified atom stereocenters. The van der Waals surface area contributed by atoms with Gasteiger partial charge in [-0.2, -0.15) is 0 Å². The van der Waals surface area contributed by atoms with Crippen LogP contribution in [0.4, 0.5) is 0 Å². The minimum absolute atomic E-state index is 0.0421. The Labute approximate surface area is 176 Å². The number of carbonyl (C=O) groups excluding carboxylic acids is 2. The lowest BCUT2D eigenvalue weighted by Crippen LogP contribution is -2.23. The van der Waals surface area contributed by atoms with Crippen LogP contribution in [0.2, 0.25) is 0 Å². The molecule has 2 heteroatoms. The summed E-state index contributed by atoms with van der Waals surface area (Å²) in [6, 6.07) is 15.7. The molecule has 1 atom stereocenters. The predicted molar refractivity (Wildman–Crippen MR) is 122 cm³/mol. The first-order chi connectivity index (χ1) is 13.8. The Hall–Kier alpha value is -2.48. The SMILES string of the molecule is CCc1ccc(C(=O)C[C@H](C(C(=O)c2ccc(CC)cc2)=C(C)C)C(C)C)cc1. The standard InChI is InChI=1S/C27H34O2/c1-7-20-9-13-22(14-10-20)25(28)17-24(18(3)4)26(19(5)6)27(29)23-15-11-21(8-2)12-16-23/h9-16,18,24H,7-8,17H2,1-6H3/t24-/m0/s1. The van der Waals surface area contributed by atoms with Gasteiger partial charge in [0.1, 0.15) is 0 Å². The van der Waals surface area contributed by atoms with Crippen LogP contribution in [-0.4, -0.2) is 11.6 Å². The molecule has 0 bridgehead atoms. The van der Waals surface area contributed by atoms with Gasteiger partial charge in [0.05, 0.1) is 0 Å². The van der Waals surface area contributed by atoms with Gasteiger partial charge >= 0.3 is 0 Å². The molecule has 0 aliphatic rings. The van der Waals surface area contributed by atoms with Crippen molar-refractivity contribution in [3.05, 3.63) is 81.9 Å². The first kappa shape index (κ1) is 22.8. The van der Waals surface area contributed by atoms with Gasteiger partial charge in [-0.25, -0.2) is 0 Å². The van der Waals surface area contributed by atoms with E-state index in [0.717, 1.165) is 29.6 Å².